The molecule has 20 heavy (non-hydrogen) atoms. The van der Waals surface area contributed by atoms with Gasteiger partial charge in [0.1, 0.15) is 16.4 Å². The third-order valence-corrected chi connectivity index (χ3v) is 5.37. The summed E-state index contributed by atoms with van der Waals surface area (Å²) in [4.78, 5) is 0.0438. The molecule has 1 aliphatic heterocycles. The van der Waals surface area contributed by atoms with Crippen molar-refractivity contribution in [2.24, 2.45) is 0 Å². The van der Waals surface area contributed by atoms with Gasteiger partial charge in [0.15, 0.2) is 0 Å². The normalized spacial score (nSPS) is 21.3. The summed E-state index contributed by atoms with van der Waals surface area (Å²) in [5.41, 5.74) is 0.314. The Kier molecular flexibility index (Phi) is 4.53. The van der Waals surface area contributed by atoms with Gasteiger partial charge in [-0.3, -0.25) is 0 Å². The standard InChI is InChI=1S/C13H21NO5S/c1-8(12-5-4-6-18-12)14-20(16,17)13-10(3)19-9(2)11(13)7-15/h8,12,14-15H,4-7H2,1-3H3. The molecule has 0 amide bonds. The topological polar surface area (TPSA) is 88.8 Å². The molecule has 1 fully saturated rings. The Morgan fingerprint density at radius 3 is 2.65 bits per heavy atom. The van der Waals surface area contributed by atoms with Crippen LogP contribution in [0.3, 0.4) is 0 Å². The number of aliphatic hydroxyl groups is 1. The lowest BCUT2D eigenvalue weighted by atomic mass is 10.1. The summed E-state index contributed by atoms with van der Waals surface area (Å²) in [6.07, 6.45) is 1.69. The van der Waals surface area contributed by atoms with Crippen molar-refractivity contribution in [1.29, 1.82) is 0 Å². The predicted octanol–water partition coefficient (Wildman–Crippen LogP) is 1.23. The van der Waals surface area contributed by atoms with E-state index in [9.17, 15) is 13.5 Å². The molecule has 1 saturated heterocycles. The van der Waals surface area contributed by atoms with Gasteiger partial charge in [-0.05, 0) is 33.6 Å². The number of hydrogen-bond donors (Lipinski definition) is 2. The number of hydrogen-bond acceptors (Lipinski definition) is 5. The van der Waals surface area contributed by atoms with Gasteiger partial charge in [0.05, 0.1) is 12.7 Å². The van der Waals surface area contributed by atoms with Crippen LogP contribution in [0.2, 0.25) is 0 Å². The van der Waals surface area contributed by atoms with E-state index in [4.69, 9.17) is 9.15 Å². The number of ether oxygens (including phenoxy) is 1. The molecule has 114 valence electrons. The van der Waals surface area contributed by atoms with Crippen LogP contribution in [0.5, 0.6) is 0 Å². The molecule has 0 bridgehead atoms. The summed E-state index contributed by atoms with van der Waals surface area (Å²) in [7, 11) is -3.73. The molecule has 1 aliphatic rings. The lowest BCUT2D eigenvalue weighted by molar-refractivity contribution is 0.0902. The van der Waals surface area contributed by atoms with E-state index >= 15 is 0 Å². The van der Waals surface area contributed by atoms with Crippen molar-refractivity contribution in [3.63, 3.8) is 0 Å². The maximum Gasteiger partial charge on any atom is 0.244 e. The van der Waals surface area contributed by atoms with Gasteiger partial charge in [-0.1, -0.05) is 0 Å². The molecule has 2 heterocycles. The molecule has 7 heteroatoms. The second kappa shape index (κ2) is 5.85. The summed E-state index contributed by atoms with van der Waals surface area (Å²) >= 11 is 0. The zero-order chi connectivity index (χ0) is 14.9. The third-order valence-electron chi connectivity index (χ3n) is 3.62. The smallest absolute Gasteiger partial charge is 0.244 e. The first-order valence-corrected chi connectivity index (χ1v) is 8.18. The van der Waals surface area contributed by atoms with Crippen LogP contribution in [0.4, 0.5) is 0 Å². The molecule has 2 rings (SSSR count). The summed E-state index contributed by atoms with van der Waals surface area (Å²) < 4.78 is 38.4. The minimum absolute atomic E-state index is 0.0438. The molecular weight excluding hydrogens is 282 g/mol. The molecule has 1 aromatic heterocycles. The van der Waals surface area contributed by atoms with E-state index in [2.05, 4.69) is 4.72 Å². The van der Waals surface area contributed by atoms with Crippen LogP contribution < -0.4 is 4.72 Å². The summed E-state index contributed by atoms with van der Waals surface area (Å²) in [5, 5.41) is 9.34. The Bertz CT molecular complexity index is 572. The van der Waals surface area contributed by atoms with Gasteiger partial charge in [-0.25, -0.2) is 13.1 Å². The number of aliphatic hydroxyl groups excluding tert-OH is 1. The molecule has 1 aromatic rings. The average Bonchev–Trinajstić information content (AvgIpc) is 2.95. The first-order chi connectivity index (χ1) is 9.36. The number of aryl methyl sites for hydroxylation is 2. The van der Waals surface area contributed by atoms with Crippen molar-refractivity contribution in [2.75, 3.05) is 6.61 Å². The largest absolute Gasteiger partial charge is 0.465 e. The van der Waals surface area contributed by atoms with Gasteiger partial charge >= 0.3 is 0 Å². The fraction of sp³-hybridized carbons (Fsp3) is 0.692. The Hall–Kier alpha value is -0.890. The van der Waals surface area contributed by atoms with Gasteiger partial charge < -0.3 is 14.3 Å². The van der Waals surface area contributed by atoms with Gasteiger partial charge in [0.25, 0.3) is 0 Å². The number of sulfonamides is 1. The quantitative estimate of drug-likeness (QED) is 0.854. The Morgan fingerprint density at radius 1 is 1.40 bits per heavy atom. The molecule has 0 saturated carbocycles. The SMILES string of the molecule is Cc1oc(C)c(S(=O)(=O)NC(C)C2CCCO2)c1CO. The van der Waals surface area contributed by atoms with Crippen LogP contribution in [-0.2, 0) is 21.4 Å². The summed E-state index contributed by atoms with van der Waals surface area (Å²) in [6, 6.07) is -0.316. The maximum absolute atomic E-state index is 12.5. The molecule has 2 atom stereocenters. The molecule has 2 unspecified atom stereocenters. The molecule has 0 radical (unpaired) electrons. The van der Waals surface area contributed by atoms with E-state index < -0.39 is 10.0 Å². The molecule has 6 nitrogen and oxygen atoms in total. The number of furan rings is 1. The predicted molar refractivity (Wildman–Crippen MR) is 72.9 cm³/mol. The van der Waals surface area contributed by atoms with Crippen molar-refractivity contribution >= 4 is 10.0 Å². The van der Waals surface area contributed by atoms with Gasteiger partial charge in [0, 0.05) is 18.2 Å². The molecule has 2 N–H and O–H groups in total. The average molecular weight is 303 g/mol. The molecule has 0 aliphatic carbocycles. The lowest BCUT2D eigenvalue weighted by Gasteiger charge is -2.20. The summed E-state index contributed by atoms with van der Waals surface area (Å²) in [5.74, 6) is 0.716. The van der Waals surface area contributed by atoms with Crippen LogP contribution in [-0.4, -0.2) is 32.3 Å². The van der Waals surface area contributed by atoms with Crippen molar-refractivity contribution in [3.05, 3.63) is 17.1 Å². The lowest BCUT2D eigenvalue weighted by Crippen LogP contribution is -2.41. The Balaban J connectivity index is 2.26. The fourth-order valence-corrected chi connectivity index (χ4v) is 4.33. The monoisotopic (exact) mass is 303 g/mol. The zero-order valence-corrected chi connectivity index (χ0v) is 12.8. The van der Waals surface area contributed by atoms with E-state index in [1.54, 1.807) is 20.8 Å². The van der Waals surface area contributed by atoms with E-state index in [0.717, 1.165) is 12.8 Å². The minimum atomic E-state index is -3.73. The van der Waals surface area contributed by atoms with E-state index in [1.165, 1.54) is 0 Å². The van der Waals surface area contributed by atoms with Gasteiger partial charge in [-0.15, -0.1) is 0 Å². The second-order valence-electron chi connectivity index (χ2n) is 5.14. The molecule has 0 spiro atoms. The third kappa shape index (κ3) is 2.90. The fourth-order valence-electron chi connectivity index (χ4n) is 2.62. The zero-order valence-electron chi connectivity index (χ0n) is 12.0. The highest BCUT2D eigenvalue weighted by molar-refractivity contribution is 7.89. The van der Waals surface area contributed by atoms with E-state index in [-0.39, 0.29) is 23.6 Å². The maximum atomic E-state index is 12.5. The van der Waals surface area contributed by atoms with Crippen molar-refractivity contribution < 1.29 is 22.7 Å². The first-order valence-electron chi connectivity index (χ1n) is 6.70. The Labute approximate surface area is 119 Å². The van der Waals surface area contributed by atoms with Crippen molar-refractivity contribution in [1.82, 2.24) is 4.72 Å². The minimum Gasteiger partial charge on any atom is -0.465 e. The van der Waals surface area contributed by atoms with E-state index in [0.29, 0.717) is 23.7 Å². The van der Waals surface area contributed by atoms with Crippen molar-refractivity contribution in [3.8, 4) is 0 Å². The number of nitrogens with one attached hydrogen (secondary N) is 1. The molecule has 0 aromatic carbocycles. The highest BCUT2D eigenvalue weighted by atomic mass is 32.2. The second-order valence-corrected chi connectivity index (χ2v) is 6.79. The van der Waals surface area contributed by atoms with Crippen LogP contribution in [0.1, 0.15) is 36.8 Å². The Morgan fingerprint density at radius 2 is 2.10 bits per heavy atom. The van der Waals surface area contributed by atoms with Gasteiger partial charge in [-0.2, -0.15) is 0 Å². The highest BCUT2D eigenvalue weighted by Crippen LogP contribution is 2.27. The highest BCUT2D eigenvalue weighted by Gasteiger charge is 2.31. The van der Waals surface area contributed by atoms with Crippen molar-refractivity contribution in [2.45, 2.75) is 57.3 Å². The summed E-state index contributed by atoms with van der Waals surface area (Å²) in [6.45, 7) is 5.31. The molecular formula is C13H21NO5S. The van der Waals surface area contributed by atoms with Crippen LogP contribution in [0.15, 0.2) is 9.31 Å². The van der Waals surface area contributed by atoms with Crippen LogP contribution in [0.25, 0.3) is 0 Å². The van der Waals surface area contributed by atoms with Crippen LogP contribution >= 0.6 is 0 Å². The van der Waals surface area contributed by atoms with Crippen LogP contribution in [0, 0.1) is 13.8 Å². The van der Waals surface area contributed by atoms with Gasteiger partial charge in [0.2, 0.25) is 10.0 Å². The number of rotatable bonds is 5. The van der Waals surface area contributed by atoms with E-state index in [1.807, 2.05) is 0 Å². The first kappa shape index (κ1) is 15.5.